The predicted molar refractivity (Wildman–Crippen MR) is 70.5 cm³/mol. The monoisotopic (exact) mass is 254 g/mol. The molecule has 0 aromatic carbocycles. The molecule has 0 aliphatic heterocycles. The molecule has 0 fully saturated rings. The number of aryl methyl sites for hydroxylation is 2. The Bertz CT molecular complexity index is 414. The van der Waals surface area contributed by atoms with Crippen molar-refractivity contribution in [2.24, 2.45) is 0 Å². The zero-order valence-corrected chi connectivity index (χ0v) is 11.5. The number of rotatable bonds is 6. The number of aromatic nitrogens is 2. The summed E-state index contributed by atoms with van der Waals surface area (Å²) in [5.41, 5.74) is 7.47. The molecule has 6 heteroatoms. The third-order valence-electron chi connectivity index (χ3n) is 2.82. The lowest BCUT2D eigenvalue weighted by atomic mass is 10.2. The Labute approximate surface area is 107 Å². The van der Waals surface area contributed by atoms with Gasteiger partial charge in [0, 0.05) is 26.3 Å². The van der Waals surface area contributed by atoms with Gasteiger partial charge < -0.3 is 15.8 Å². The standard InChI is InChI=1S/C12H22N4O2/c1-5-16-11(10(13)9(3)15-16)12(17)14-8(2)6-7-18-4/h8H,5-7,13H2,1-4H3,(H,14,17). The van der Waals surface area contributed by atoms with Crippen molar-refractivity contribution < 1.29 is 9.53 Å². The second-order valence-electron chi connectivity index (χ2n) is 4.32. The first-order chi connectivity index (χ1) is 8.51. The maximum absolute atomic E-state index is 12.1. The van der Waals surface area contributed by atoms with Gasteiger partial charge in [0.1, 0.15) is 5.69 Å². The molecule has 6 nitrogen and oxygen atoms in total. The number of nitrogens with zero attached hydrogens (tertiary/aromatic N) is 2. The van der Waals surface area contributed by atoms with E-state index in [0.29, 0.717) is 30.2 Å². The summed E-state index contributed by atoms with van der Waals surface area (Å²) in [7, 11) is 1.64. The van der Waals surface area contributed by atoms with Gasteiger partial charge in [-0.25, -0.2) is 0 Å². The van der Waals surface area contributed by atoms with Gasteiger partial charge in [-0.15, -0.1) is 0 Å². The smallest absolute Gasteiger partial charge is 0.271 e. The molecule has 0 saturated carbocycles. The fourth-order valence-electron chi connectivity index (χ4n) is 1.72. The van der Waals surface area contributed by atoms with Gasteiger partial charge in [-0.05, 0) is 27.2 Å². The molecule has 18 heavy (non-hydrogen) atoms. The van der Waals surface area contributed by atoms with Crippen molar-refractivity contribution in [2.45, 2.75) is 39.8 Å². The lowest BCUT2D eigenvalue weighted by Crippen LogP contribution is -2.35. The predicted octanol–water partition coefficient (Wildman–Crippen LogP) is 0.948. The first kappa shape index (κ1) is 14.5. The summed E-state index contributed by atoms with van der Waals surface area (Å²) in [6.45, 7) is 6.90. The summed E-state index contributed by atoms with van der Waals surface area (Å²) in [6.07, 6.45) is 0.765. The third kappa shape index (κ3) is 3.22. The highest BCUT2D eigenvalue weighted by Gasteiger charge is 2.20. The molecule has 1 heterocycles. The van der Waals surface area contributed by atoms with Crippen LogP contribution in [0.3, 0.4) is 0 Å². The number of carbonyl (C=O) groups excluding carboxylic acids is 1. The molecule has 1 rings (SSSR count). The first-order valence-electron chi connectivity index (χ1n) is 6.13. The molecule has 1 unspecified atom stereocenters. The minimum Gasteiger partial charge on any atom is -0.395 e. The summed E-state index contributed by atoms with van der Waals surface area (Å²) < 4.78 is 6.61. The topological polar surface area (TPSA) is 82.2 Å². The number of hydrogen-bond donors (Lipinski definition) is 2. The largest absolute Gasteiger partial charge is 0.395 e. The average molecular weight is 254 g/mol. The number of nitrogen functional groups attached to an aromatic ring is 1. The van der Waals surface area contributed by atoms with Crippen molar-refractivity contribution in [3.63, 3.8) is 0 Å². The second kappa shape index (κ2) is 6.39. The molecule has 1 aromatic rings. The summed E-state index contributed by atoms with van der Waals surface area (Å²) in [5.74, 6) is -0.182. The zero-order valence-electron chi connectivity index (χ0n) is 11.5. The van der Waals surface area contributed by atoms with E-state index < -0.39 is 0 Å². The molecular formula is C12H22N4O2. The van der Waals surface area contributed by atoms with E-state index in [2.05, 4.69) is 10.4 Å². The second-order valence-corrected chi connectivity index (χ2v) is 4.32. The number of ether oxygens (including phenoxy) is 1. The van der Waals surface area contributed by atoms with Crippen LogP contribution in [-0.2, 0) is 11.3 Å². The molecular weight excluding hydrogens is 232 g/mol. The summed E-state index contributed by atoms with van der Waals surface area (Å²) in [6, 6.07) is 0.0392. The van der Waals surface area contributed by atoms with Crippen LogP contribution in [0.15, 0.2) is 0 Å². The Balaban J connectivity index is 2.77. The number of hydrogen-bond acceptors (Lipinski definition) is 4. The van der Waals surface area contributed by atoms with Gasteiger partial charge in [0.2, 0.25) is 0 Å². The van der Waals surface area contributed by atoms with Crippen molar-refractivity contribution >= 4 is 11.6 Å². The molecule has 3 N–H and O–H groups in total. The highest BCUT2D eigenvalue weighted by molar-refractivity contribution is 5.98. The van der Waals surface area contributed by atoms with Crippen LogP contribution in [-0.4, -0.2) is 35.4 Å². The molecule has 0 spiro atoms. The first-order valence-corrected chi connectivity index (χ1v) is 6.13. The lowest BCUT2D eigenvalue weighted by molar-refractivity contribution is 0.0920. The number of nitrogens with two attached hydrogens (primary N) is 1. The van der Waals surface area contributed by atoms with Crippen LogP contribution in [0, 0.1) is 6.92 Å². The van der Waals surface area contributed by atoms with E-state index in [1.54, 1.807) is 18.7 Å². The van der Waals surface area contributed by atoms with Gasteiger partial charge in [0.25, 0.3) is 5.91 Å². The number of nitrogens with one attached hydrogen (secondary N) is 1. The molecule has 0 aliphatic carbocycles. The number of carbonyl (C=O) groups is 1. The summed E-state index contributed by atoms with van der Waals surface area (Å²) in [4.78, 5) is 12.1. The summed E-state index contributed by atoms with van der Waals surface area (Å²) in [5, 5.41) is 7.13. The quantitative estimate of drug-likeness (QED) is 0.791. The Kier molecular flexibility index (Phi) is 5.15. The highest BCUT2D eigenvalue weighted by atomic mass is 16.5. The van der Waals surface area contributed by atoms with Gasteiger partial charge in [0.05, 0.1) is 11.4 Å². The van der Waals surface area contributed by atoms with Crippen LogP contribution >= 0.6 is 0 Å². The maximum atomic E-state index is 12.1. The van der Waals surface area contributed by atoms with Gasteiger partial charge >= 0.3 is 0 Å². The van der Waals surface area contributed by atoms with E-state index in [9.17, 15) is 4.79 Å². The van der Waals surface area contributed by atoms with Crippen molar-refractivity contribution in [1.82, 2.24) is 15.1 Å². The van der Waals surface area contributed by atoms with Crippen LogP contribution in [0.4, 0.5) is 5.69 Å². The molecule has 0 radical (unpaired) electrons. The van der Waals surface area contributed by atoms with E-state index in [1.807, 2.05) is 13.8 Å². The Morgan fingerprint density at radius 2 is 2.28 bits per heavy atom. The van der Waals surface area contributed by atoms with Crippen LogP contribution in [0.5, 0.6) is 0 Å². The van der Waals surface area contributed by atoms with Gasteiger partial charge in [-0.2, -0.15) is 5.10 Å². The lowest BCUT2D eigenvalue weighted by Gasteiger charge is -2.14. The van der Waals surface area contributed by atoms with Crippen molar-refractivity contribution in [2.75, 3.05) is 19.5 Å². The summed E-state index contributed by atoms with van der Waals surface area (Å²) >= 11 is 0. The van der Waals surface area contributed by atoms with Crippen molar-refractivity contribution in [3.8, 4) is 0 Å². The fourth-order valence-corrected chi connectivity index (χ4v) is 1.72. The van der Waals surface area contributed by atoms with Gasteiger partial charge in [-0.1, -0.05) is 0 Å². The van der Waals surface area contributed by atoms with Crippen molar-refractivity contribution in [3.05, 3.63) is 11.4 Å². The Morgan fingerprint density at radius 1 is 1.61 bits per heavy atom. The Morgan fingerprint density at radius 3 is 2.83 bits per heavy atom. The van der Waals surface area contributed by atoms with Crippen LogP contribution in [0.2, 0.25) is 0 Å². The molecule has 1 atom stereocenters. The number of anilines is 1. The molecule has 0 aliphatic rings. The highest BCUT2D eigenvalue weighted by Crippen LogP contribution is 2.16. The molecule has 1 amide bonds. The van der Waals surface area contributed by atoms with E-state index in [0.717, 1.165) is 6.42 Å². The maximum Gasteiger partial charge on any atom is 0.271 e. The van der Waals surface area contributed by atoms with E-state index >= 15 is 0 Å². The van der Waals surface area contributed by atoms with E-state index in [1.165, 1.54) is 0 Å². The van der Waals surface area contributed by atoms with Gasteiger partial charge in [0.15, 0.2) is 0 Å². The molecule has 1 aromatic heterocycles. The van der Waals surface area contributed by atoms with Crippen LogP contribution in [0.1, 0.15) is 36.5 Å². The minimum absolute atomic E-state index is 0.0392. The molecule has 0 saturated heterocycles. The minimum atomic E-state index is -0.182. The fraction of sp³-hybridized carbons (Fsp3) is 0.667. The third-order valence-corrected chi connectivity index (χ3v) is 2.82. The van der Waals surface area contributed by atoms with Crippen LogP contribution in [0.25, 0.3) is 0 Å². The van der Waals surface area contributed by atoms with E-state index in [4.69, 9.17) is 10.5 Å². The SMILES string of the molecule is CCn1nc(C)c(N)c1C(=O)NC(C)CCOC. The van der Waals surface area contributed by atoms with Gasteiger partial charge in [-0.3, -0.25) is 9.48 Å². The number of amides is 1. The van der Waals surface area contributed by atoms with E-state index in [-0.39, 0.29) is 11.9 Å². The molecule has 102 valence electrons. The van der Waals surface area contributed by atoms with Crippen LogP contribution < -0.4 is 11.1 Å². The average Bonchev–Trinajstić information content (AvgIpc) is 2.62. The Hall–Kier alpha value is -1.56. The zero-order chi connectivity index (χ0) is 13.7. The normalized spacial score (nSPS) is 12.4. The number of methoxy groups -OCH3 is 1. The molecule has 0 bridgehead atoms. The van der Waals surface area contributed by atoms with Crippen molar-refractivity contribution in [1.29, 1.82) is 0 Å².